The second-order valence-corrected chi connectivity index (χ2v) is 6.50. The summed E-state index contributed by atoms with van der Waals surface area (Å²) in [7, 11) is 0. The molecule has 0 aromatic carbocycles. The third-order valence-electron chi connectivity index (χ3n) is 4.61. The van der Waals surface area contributed by atoms with Crippen molar-refractivity contribution in [3.8, 4) is 0 Å². The number of hydrogen-bond donors (Lipinski definition) is 2. The molecule has 2 atom stereocenters. The van der Waals surface area contributed by atoms with Gasteiger partial charge in [0.2, 0.25) is 11.8 Å². The van der Waals surface area contributed by atoms with E-state index in [4.69, 9.17) is 5.73 Å². The number of hydrogen-bond acceptors (Lipinski definition) is 4. The van der Waals surface area contributed by atoms with Crippen LogP contribution < -0.4 is 11.1 Å². The van der Waals surface area contributed by atoms with E-state index in [2.05, 4.69) is 10.2 Å². The van der Waals surface area contributed by atoms with E-state index in [0.717, 1.165) is 25.9 Å². The Kier molecular flexibility index (Phi) is 6.64. The van der Waals surface area contributed by atoms with Crippen molar-refractivity contribution in [2.45, 2.75) is 57.5 Å². The Morgan fingerprint density at radius 2 is 1.77 bits per heavy atom. The highest BCUT2D eigenvalue weighted by molar-refractivity contribution is 5.89. The molecular weight excluding hydrogens is 280 g/mol. The van der Waals surface area contributed by atoms with Crippen LogP contribution in [0.4, 0.5) is 0 Å². The van der Waals surface area contributed by atoms with E-state index < -0.39 is 6.04 Å². The monoisotopic (exact) mass is 310 g/mol. The minimum absolute atomic E-state index is 0.0461. The van der Waals surface area contributed by atoms with E-state index in [1.807, 2.05) is 6.92 Å². The van der Waals surface area contributed by atoms with E-state index in [1.54, 1.807) is 4.90 Å². The zero-order chi connectivity index (χ0) is 15.9. The van der Waals surface area contributed by atoms with Gasteiger partial charge < -0.3 is 16.0 Å². The van der Waals surface area contributed by atoms with Crippen molar-refractivity contribution in [3.63, 3.8) is 0 Å². The molecule has 126 valence electrons. The summed E-state index contributed by atoms with van der Waals surface area (Å²) in [4.78, 5) is 28.7. The number of carbonyl (C=O) groups is 2. The number of amides is 2. The summed E-state index contributed by atoms with van der Waals surface area (Å²) in [5.74, 6) is -0.0266. The van der Waals surface area contributed by atoms with Gasteiger partial charge in [-0.15, -0.1) is 0 Å². The molecule has 2 heterocycles. The quantitative estimate of drug-likeness (QED) is 0.784. The van der Waals surface area contributed by atoms with Gasteiger partial charge in [0.1, 0.15) is 6.04 Å². The molecule has 22 heavy (non-hydrogen) atoms. The first-order chi connectivity index (χ1) is 10.6. The second kappa shape index (κ2) is 8.48. The third kappa shape index (κ3) is 4.68. The molecule has 2 amide bonds. The highest BCUT2D eigenvalue weighted by Gasteiger charge is 2.38. The van der Waals surface area contributed by atoms with E-state index in [1.165, 1.54) is 19.3 Å². The standard InChI is InChI=1S/C16H30N4O2/c1-2-18-16(22)14-10-13(17)11-20(14)15(21)12-19-8-6-4-3-5-7-9-19/h13-14H,2-12,17H2,1H3,(H,18,22)/t13-,14+/m1/s1. The Morgan fingerprint density at radius 3 is 2.41 bits per heavy atom. The van der Waals surface area contributed by atoms with E-state index >= 15 is 0 Å². The Bertz CT molecular complexity index is 380. The number of carbonyl (C=O) groups excluding carboxylic acids is 2. The van der Waals surface area contributed by atoms with Crippen LogP contribution in [0.5, 0.6) is 0 Å². The smallest absolute Gasteiger partial charge is 0.242 e. The molecule has 0 unspecified atom stereocenters. The Labute approximate surface area is 133 Å². The van der Waals surface area contributed by atoms with E-state index in [-0.39, 0.29) is 17.9 Å². The zero-order valence-electron chi connectivity index (χ0n) is 13.7. The van der Waals surface area contributed by atoms with Crippen molar-refractivity contribution < 1.29 is 9.59 Å². The van der Waals surface area contributed by atoms with Gasteiger partial charge in [0.25, 0.3) is 0 Å². The Hall–Kier alpha value is -1.14. The van der Waals surface area contributed by atoms with E-state index in [0.29, 0.717) is 26.1 Å². The lowest BCUT2D eigenvalue weighted by molar-refractivity contribution is -0.139. The molecule has 0 aromatic rings. The van der Waals surface area contributed by atoms with Gasteiger partial charge in [-0.1, -0.05) is 19.3 Å². The van der Waals surface area contributed by atoms with Crippen molar-refractivity contribution in [2.75, 3.05) is 32.7 Å². The SMILES string of the molecule is CCNC(=O)[C@@H]1C[C@@H](N)CN1C(=O)CN1CCCCCCC1. The zero-order valence-corrected chi connectivity index (χ0v) is 13.7. The molecule has 0 saturated carbocycles. The summed E-state index contributed by atoms with van der Waals surface area (Å²) in [6.45, 7) is 5.35. The van der Waals surface area contributed by atoms with Gasteiger partial charge in [0.05, 0.1) is 6.54 Å². The topological polar surface area (TPSA) is 78.7 Å². The van der Waals surface area contributed by atoms with Crippen LogP contribution in [-0.2, 0) is 9.59 Å². The molecule has 6 nitrogen and oxygen atoms in total. The molecule has 6 heteroatoms. The highest BCUT2D eigenvalue weighted by atomic mass is 16.2. The average Bonchev–Trinajstić information content (AvgIpc) is 2.84. The second-order valence-electron chi connectivity index (χ2n) is 6.50. The van der Waals surface area contributed by atoms with Crippen molar-refractivity contribution in [1.29, 1.82) is 0 Å². The summed E-state index contributed by atoms with van der Waals surface area (Å²) in [5, 5.41) is 2.81. The molecule has 0 spiro atoms. The summed E-state index contributed by atoms with van der Waals surface area (Å²) in [5.41, 5.74) is 5.98. The van der Waals surface area contributed by atoms with Crippen molar-refractivity contribution in [2.24, 2.45) is 5.73 Å². The largest absolute Gasteiger partial charge is 0.355 e. The van der Waals surface area contributed by atoms with Gasteiger partial charge in [-0.05, 0) is 39.3 Å². The first kappa shape index (κ1) is 17.2. The molecular formula is C16H30N4O2. The number of likely N-dealkylation sites (N-methyl/N-ethyl adjacent to an activating group) is 1. The fraction of sp³-hybridized carbons (Fsp3) is 0.875. The molecule has 2 saturated heterocycles. The van der Waals surface area contributed by atoms with Gasteiger partial charge >= 0.3 is 0 Å². The highest BCUT2D eigenvalue weighted by Crippen LogP contribution is 2.18. The van der Waals surface area contributed by atoms with Crippen LogP contribution in [0.15, 0.2) is 0 Å². The third-order valence-corrected chi connectivity index (χ3v) is 4.61. The molecule has 0 aromatic heterocycles. The lowest BCUT2D eigenvalue weighted by Crippen LogP contribution is -2.49. The van der Waals surface area contributed by atoms with Gasteiger partial charge in [0.15, 0.2) is 0 Å². The van der Waals surface area contributed by atoms with Crippen LogP contribution in [0.3, 0.4) is 0 Å². The summed E-state index contributed by atoms with van der Waals surface area (Å²) in [6.07, 6.45) is 6.69. The maximum absolute atomic E-state index is 12.6. The van der Waals surface area contributed by atoms with Crippen LogP contribution in [0.25, 0.3) is 0 Å². The normalized spacial score (nSPS) is 27.3. The minimum Gasteiger partial charge on any atom is -0.355 e. The number of nitrogens with one attached hydrogen (secondary N) is 1. The summed E-state index contributed by atoms with van der Waals surface area (Å²) < 4.78 is 0. The number of nitrogens with two attached hydrogens (primary N) is 1. The molecule has 2 rings (SSSR count). The van der Waals surface area contributed by atoms with Crippen LogP contribution >= 0.6 is 0 Å². The lowest BCUT2D eigenvalue weighted by atomic mass is 10.1. The first-order valence-corrected chi connectivity index (χ1v) is 8.67. The molecule has 3 N–H and O–H groups in total. The molecule has 0 radical (unpaired) electrons. The summed E-state index contributed by atoms with van der Waals surface area (Å²) >= 11 is 0. The Morgan fingerprint density at radius 1 is 1.14 bits per heavy atom. The molecule has 2 aliphatic rings. The number of nitrogens with zero attached hydrogens (tertiary/aromatic N) is 2. The first-order valence-electron chi connectivity index (χ1n) is 8.67. The minimum atomic E-state index is -0.391. The van der Waals surface area contributed by atoms with Crippen molar-refractivity contribution in [1.82, 2.24) is 15.1 Å². The van der Waals surface area contributed by atoms with E-state index in [9.17, 15) is 9.59 Å². The van der Waals surface area contributed by atoms with Gasteiger partial charge in [-0.25, -0.2) is 0 Å². The van der Waals surface area contributed by atoms with Crippen molar-refractivity contribution in [3.05, 3.63) is 0 Å². The fourth-order valence-electron chi connectivity index (χ4n) is 3.44. The lowest BCUT2D eigenvalue weighted by Gasteiger charge is -2.29. The summed E-state index contributed by atoms with van der Waals surface area (Å²) in [6, 6.07) is -0.485. The van der Waals surface area contributed by atoms with Gasteiger partial charge in [-0.3, -0.25) is 14.5 Å². The number of rotatable bonds is 4. The predicted octanol–water partition coefficient (Wildman–Crippen LogP) is 0.317. The van der Waals surface area contributed by atoms with Gasteiger partial charge in [-0.2, -0.15) is 0 Å². The predicted molar refractivity (Wildman–Crippen MR) is 86.3 cm³/mol. The average molecular weight is 310 g/mol. The van der Waals surface area contributed by atoms with Crippen LogP contribution in [-0.4, -0.2) is 66.4 Å². The Balaban J connectivity index is 1.92. The van der Waals surface area contributed by atoms with Crippen molar-refractivity contribution >= 4 is 11.8 Å². The van der Waals surface area contributed by atoms with Crippen LogP contribution in [0, 0.1) is 0 Å². The maximum atomic E-state index is 12.6. The number of likely N-dealkylation sites (tertiary alicyclic amines) is 2. The fourth-order valence-corrected chi connectivity index (χ4v) is 3.44. The molecule has 0 bridgehead atoms. The van der Waals surface area contributed by atoms with Gasteiger partial charge in [0, 0.05) is 19.1 Å². The molecule has 0 aliphatic carbocycles. The van der Waals surface area contributed by atoms with Crippen LogP contribution in [0.1, 0.15) is 45.4 Å². The maximum Gasteiger partial charge on any atom is 0.242 e. The molecule has 2 aliphatic heterocycles. The molecule has 2 fully saturated rings. The van der Waals surface area contributed by atoms with Crippen LogP contribution in [0.2, 0.25) is 0 Å².